The highest BCUT2D eigenvalue weighted by atomic mass is 35.5. The number of furan rings is 1. The molecule has 0 spiro atoms. The maximum Gasteiger partial charge on any atom is 0.229 e. The fraction of sp³-hybridized carbons (Fsp3) is 0. The van der Waals surface area contributed by atoms with E-state index in [0.717, 1.165) is 0 Å². The van der Waals surface area contributed by atoms with E-state index in [-0.39, 0.29) is 11.5 Å². The summed E-state index contributed by atoms with van der Waals surface area (Å²) in [5, 5.41) is 0.829. The Bertz CT molecular complexity index is 489. The molecule has 1 heterocycles. The minimum Gasteiger partial charge on any atom is -0.461 e. The molecule has 0 aliphatic heterocycles. The smallest absolute Gasteiger partial charge is 0.229 e. The fourth-order valence-corrected chi connectivity index (χ4v) is 1.59. The Morgan fingerprint density at radius 3 is 2.67 bits per heavy atom. The second kappa shape index (κ2) is 4.09. The third-order valence-electron chi connectivity index (χ3n) is 1.92. The van der Waals surface area contributed by atoms with E-state index in [4.69, 9.17) is 27.6 Å². The van der Waals surface area contributed by atoms with Crippen LogP contribution in [0.3, 0.4) is 0 Å². The van der Waals surface area contributed by atoms with Gasteiger partial charge in [0, 0.05) is 10.6 Å². The van der Waals surface area contributed by atoms with Crippen molar-refractivity contribution in [2.24, 2.45) is 0 Å². The van der Waals surface area contributed by atoms with Gasteiger partial charge in [-0.1, -0.05) is 23.2 Å². The van der Waals surface area contributed by atoms with Gasteiger partial charge in [0.2, 0.25) is 5.78 Å². The van der Waals surface area contributed by atoms with Gasteiger partial charge < -0.3 is 4.42 Å². The highest BCUT2D eigenvalue weighted by molar-refractivity contribution is 6.36. The summed E-state index contributed by atoms with van der Waals surface area (Å²) in [6.45, 7) is 0. The molecule has 0 fully saturated rings. The Labute approximate surface area is 96.4 Å². The fourth-order valence-electron chi connectivity index (χ4n) is 1.21. The van der Waals surface area contributed by atoms with Gasteiger partial charge in [-0.05, 0) is 30.3 Å². The normalized spacial score (nSPS) is 10.3. The van der Waals surface area contributed by atoms with Crippen LogP contribution in [0.15, 0.2) is 41.0 Å². The molecule has 4 heteroatoms. The van der Waals surface area contributed by atoms with Crippen LogP contribution in [-0.4, -0.2) is 5.78 Å². The summed E-state index contributed by atoms with van der Waals surface area (Å²) >= 11 is 11.7. The lowest BCUT2D eigenvalue weighted by Gasteiger charge is -2.01. The summed E-state index contributed by atoms with van der Waals surface area (Å²) in [7, 11) is 0. The van der Waals surface area contributed by atoms with Crippen LogP contribution >= 0.6 is 23.2 Å². The number of carbonyl (C=O) groups excluding carboxylic acids is 1. The highest BCUT2D eigenvalue weighted by Crippen LogP contribution is 2.23. The molecule has 2 aromatic rings. The van der Waals surface area contributed by atoms with Gasteiger partial charge in [-0.2, -0.15) is 0 Å². The van der Waals surface area contributed by atoms with Crippen molar-refractivity contribution in [3.05, 3.63) is 58.0 Å². The predicted molar refractivity (Wildman–Crippen MR) is 58.6 cm³/mol. The van der Waals surface area contributed by atoms with Gasteiger partial charge in [-0.3, -0.25) is 4.79 Å². The van der Waals surface area contributed by atoms with Gasteiger partial charge in [0.1, 0.15) is 0 Å². The molecule has 0 unspecified atom stereocenters. The average molecular weight is 241 g/mol. The van der Waals surface area contributed by atoms with Crippen LogP contribution < -0.4 is 0 Å². The number of hydrogen-bond acceptors (Lipinski definition) is 2. The van der Waals surface area contributed by atoms with Crippen LogP contribution in [0.2, 0.25) is 10.0 Å². The molecule has 2 rings (SSSR count). The van der Waals surface area contributed by atoms with E-state index in [0.29, 0.717) is 15.6 Å². The van der Waals surface area contributed by atoms with Crippen molar-refractivity contribution in [3.63, 3.8) is 0 Å². The van der Waals surface area contributed by atoms with Gasteiger partial charge in [0.15, 0.2) is 5.76 Å². The number of benzene rings is 1. The SMILES string of the molecule is O=C(c1ccco1)c1cc(Cl)ccc1Cl. The summed E-state index contributed by atoms with van der Waals surface area (Å²) in [4.78, 5) is 11.8. The third-order valence-corrected chi connectivity index (χ3v) is 2.48. The van der Waals surface area contributed by atoms with Crippen LogP contribution in [-0.2, 0) is 0 Å². The highest BCUT2D eigenvalue weighted by Gasteiger charge is 2.15. The van der Waals surface area contributed by atoms with Gasteiger partial charge in [0.05, 0.1) is 11.3 Å². The molecule has 0 atom stereocenters. The number of ketones is 1. The Morgan fingerprint density at radius 1 is 1.20 bits per heavy atom. The molecule has 0 bridgehead atoms. The largest absolute Gasteiger partial charge is 0.461 e. The molecule has 76 valence electrons. The Kier molecular flexibility index (Phi) is 2.80. The summed E-state index contributed by atoms with van der Waals surface area (Å²) in [6.07, 6.45) is 1.44. The van der Waals surface area contributed by atoms with Crippen LogP contribution in [0.4, 0.5) is 0 Å². The van der Waals surface area contributed by atoms with Crippen molar-refractivity contribution in [3.8, 4) is 0 Å². The summed E-state index contributed by atoms with van der Waals surface area (Å²) in [5.74, 6) is -0.0216. The predicted octanol–water partition coefficient (Wildman–Crippen LogP) is 3.82. The van der Waals surface area contributed by atoms with Crippen molar-refractivity contribution in [2.45, 2.75) is 0 Å². The lowest BCUT2D eigenvalue weighted by Crippen LogP contribution is -2.00. The maximum atomic E-state index is 11.8. The molecule has 0 saturated heterocycles. The summed E-state index contributed by atoms with van der Waals surface area (Å²) in [5.41, 5.74) is 0.346. The second-order valence-corrected chi connectivity index (χ2v) is 3.77. The Hall–Kier alpha value is -1.25. The molecule has 0 amide bonds. The molecule has 0 aliphatic carbocycles. The minimum absolute atomic E-state index is 0.249. The van der Waals surface area contributed by atoms with Gasteiger partial charge >= 0.3 is 0 Å². The first kappa shape index (κ1) is 10.3. The van der Waals surface area contributed by atoms with E-state index in [1.54, 1.807) is 24.3 Å². The molecule has 0 saturated carbocycles. The van der Waals surface area contributed by atoms with Crippen LogP contribution in [0, 0.1) is 0 Å². The molecule has 0 radical (unpaired) electrons. The van der Waals surface area contributed by atoms with Gasteiger partial charge in [-0.15, -0.1) is 0 Å². The summed E-state index contributed by atoms with van der Waals surface area (Å²) < 4.78 is 4.99. The first-order chi connectivity index (χ1) is 7.18. The van der Waals surface area contributed by atoms with Crippen molar-refractivity contribution in [2.75, 3.05) is 0 Å². The lowest BCUT2D eigenvalue weighted by atomic mass is 10.1. The first-order valence-electron chi connectivity index (χ1n) is 4.22. The zero-order valence-corrected chi connectivity index (χ0v) is 9.05. The molecular weight excluding hydrogens is 235 g/mol. The van der Waals surface area contributed by atoms with Crippen molar-refractivity contribution < 1.29 is 9.21 Å². The van der Waals surface area contributed by atoms with Gasteiger partial charge in [-0.25, -0.2) is 0 Å². The Balaban J connectivity index is 2.46. The number of hydrogen-bond donors (Lipinski definition) is 0. The topological polar surface area (TPSA) is 30.2 Å². The van der Waals surface area contributed by atoms with E-state index < -0.39 is 0 Å². The molecule has 0 aliphatic rings. The van der Waals surface area contributed by atoms with E-state index in [1.165, 1.54) is 12.3 Å². The first-order valence-corrected chi connectivity index (χ1v) is 4.97. The van der Waals surface area contributed by atoms with Crippen LogP contribution in [0.1, 0.15) is 16.1 Å². The van der Waals surface area contributed by atoms with Crippen LogP contribution in [0.25, 0.3) is 0 Å². The summed E-state index contributed by atoms with van der Waals surface area (Å²) in [6, 6.07) is 7.96. The molecule has 1 aromatic heterocycles. The molecular formula is C11H6Cl2O2. The van der Waals surface area contributed by atoms with Crippen LogP contribution in [0.5, 0.6) is 0 Å². The van der Waals surface area contributed by atoms with Gasteiger partial charge in [0.25, 0.3) is 0 Å². The monoisotopic (exact) mass is 240 g/mol. The standard InChI is InChI=1S/C11H6Cl2O2/c12-7-3-4-9(13)8(6-7)11(14)10-2-1-5-15-10/h1-6H. The zero-order chi connectivity index (χ0) is 10.8. The molecule has 1 aromatic carbocycles. The lowest BCUT2D eigenvalue weighted by molar-refractivity contribution is 0.101. The second-order valence-electron chi connectivity index (χ2n) is 2.93. The van der Waals surface area contributed by atoms with E-state index in [9.17, 15) is 4.79 Å². The minimum atomic E-state index is -0.271. The zero-order valence-electron chi connectivity index (χ0n) is 7.54. The van der Waals surface area contributed by atoms with E-state index in [2.05, 4.69) is 0 Å². The maximum absolute atomic E-state index is 11.8. The molecule has 0 N–H and O–H groups in total. The van der Waals surface area contributed by atoms with E-state index in [1.807, 2.05) is 0 Å². The third kappa shape index (κ3) is 2.06. The van der Waals surface area contributed by atoms with E-state index >= 15 is 0 Å². The quantitative estimate of drug-likeness (QED) is 0.748. The van der Waals surface area contributed by atoms with Crippen molar-refractivity contribution in [1.82, 2.24) is 0 Å². The van der Waals surface area contributed by atoms with Crippen molar-refractivity contribution in [1.29, 1.82) is 0 Å². The van der Waals surface area contributed by atoms with Crippen molar-refractivity contribution >= 4 is 29.0 Å². The number of carbonyl (C=O) groups is 1. The Morgan fingerprint density at radius 2 is 2.00 bits per heavy atom. The number of rotatable bonds is 2. The molecule has 15 heavy (non-hydrogen) atoms. The molecule has 2 nitrogen and oxygen atoms in total. The number of halogens is 2. The average Bonchev–Trinajstić information content (AvgIpc) is 2.74.